The van der Waals surface area contributed by atoms with Crippen molar-refractivity contribution in [3.05, 3.63) is 29.3 Å². The summed E-state index contributed by atoms with van der Waals surface area (Å²) in [5, 5.41) is 9.82. The molecule has 0 aliphatic rings. The SMILES string of the molecule is CCc1cc(C(=O)Nc2nnc(C)o2)cc(NN)n1. The normalized spacial score (nSPS) is 10.3. The first-order valence-electron chi connectivity index (χ1n) is 5.71. The molecule has 8 heteroatoms. The zero-order chi connectivity index (χ0) is 13.8. The summed E-state index contributed by atoms with van der Waals surface area (Å²) in [5.41, 5.74) is 3.59. The molecule has 2 aromatic heterocycles. The van der Waals surface area contributed by atoms with E-state index >= 15 is 0 Å². The van der Waals surface area contributed by atoms with E-state index in [-0.39, 0.29) is 11.9 Å². The molecule has 0 aliphatic carbocycles. The minimum atomic E-state index is -0.364. The van der Waals surface area contributed by atoms with Crippen molar-refractivity contribution in [2.24, 2.45) is 5.84 Å². The number of nitrogens with zero attached hydrogens (tertiary/aromatic N) is 3. The van der Waals surface area contributed by atoms with E-state index in [9.17, 15) is 4.79 Å². The minimum Gasteiger partial charge on any atom is -0.408 e. The molecule has 0 saturated heterocycles. The van der Waals surface area contributed by atoms with Crippen molar-refractivity contribution in [1.29, 1.82) is 0 Å². The van der Waals surface area contributed by atoms with Crippen molar-refractivity contribution < 1.29 is 9.21 Å². The highest BCUT2D eigenvalue weighted by atomic mass is 16.4. The van der Waals surface area contributed by atoms with Crippen LogP contribution in [0.15, 0.2) is 16.5 Å². The standard InChI is InChI=1S/C11H14N6O2/c1-3-8-4-7(5-9(13-8)15-12)10(18)14-11-17-16-6(2)19-11/h4-5H,3,12H2,1-2H3,(H,13,15)(H,14,17,18). The second-order valence-corrected chi connectivity index (χ2v) is 3.81. The van der Waals surface area contributed by atoms with Crippen LogP contribution in [-0.2, 0) is 6.42 Å². The smallest absolute Gasteiger partial charge is 0.322 e. The zero-order valence-electron chi connectivity index (χ0n) is 10.6. The van der Waals surface area contributed by atoms with Crippen LogP contribution in [0, 0.1) is 6.92 Å². The molecule has 19 heavy (non-hydrogen) atoms. The van der Waals surface area contributed by atoms with Gasteiger partial charge < -0.3 is 9.84 Å². The third-order valence-corrected chi connectivity index (χ3v) is 2.40. The fourth-order valence-corrected chi connectivity index (χ4v) is 1.49. The van der Waals surface area contributed by atoms with E-state index in [1.165, 1.54) is 6.07 Å². The third kappa shape index (κ3) is 3.05. The van der Waals surface area contributed by atoms with Crippen molar-refractivity contribution >= 4 is 17.7 Å². The molecule has 0 radical (unpaired) electrons. The molecule has 100 valence electrons. The van der Waals surface area contributed by atoms with E-state index in [1.807, 2.05) is 6.92 Å². The first kappa shape index (κ1) is 13.0. The molecule has 0 unspecified atom stereocenters. The largest absolute Gasteiger partial charge is 0.408 e. The molecule has 0 atom stereocenters. The Labute approximate surface area is 109 Å². The van der Waals surface area contributed by atoms with Crippen LogP contribution < -0.4 is 16.6 Å². The lowest BCUT2D eigenvalue weighted by atomic mass is 10.2. The van der Waals surface area contributed by atoms with Gasteiger partial charge in [-0.2, -0.15) is 0 Å². The molecule has 2 rings (SSSR count). The number of nitrogens with two attached hydrogens (primary N) is 1. The maximum atomic E-state index is 12.0. The molecule has 0 spiro atoms. The Hall–Kier alpha value is -2.48. The van der Waals surface area contributed by atoms with Gasteiger partial charge in [-0.05, 0) is 18.6 Å². The van der Waals surface area contributed by atoms with Gasteiger partial charge in [0.15, 0.2) is 0 Å². The number of hydrogen-bond acceptors (Lipinski definition) is 7. The fraction of sp³-hybridized carbons (Fsp3) is 0.273. The number of aromatic nitrogens is 3. The van der Waals surface area contributed by atoms with Gasteiger partial charge in [0.05, 0.1) is 0 Å². The van der Waals surface area contributed by atoms with E-state index in [0.29, 0.717) is 23.7 Å². The summed E-state index contributed by atoms with van der Waals surface area (Å²) < 4.78 is 5.08. The number of carbonyl (C=O) groups is 1. The lowest BCUT2D eigenvalue weighted by molar-refractivity contribution is 0.102. The van der Waals surface area contributed by atoms with Crippen molar-refractivity contribution in [2.45, 2.75) is 20.3 Å². The lowest BCUT2D eigenvalue weighted by Gasteiger charge is -2.06. The van der Waals surface area contributed by atoms with E-state index in [1.54, 1.807) is 13.0 Å². The van der Waals surface area contributed by atoms with Crippen molar-refractivity contribution in [3.63, 3.8) is 0 Å². The molecule has 0 aliphatic heterocycles. The lowest BCUT2D eigenvalue weighted by Crippen LogP contribution is -2.15. The predicted molar refractivity (Wildman–Crippen MR) is 68.4 cm³/mol. The molecular formula is C11H14N6O2. The number of hydrogen-bond donors (Lipinski definition) is 3. The topological polar surface area (TPSA) is 119 Å². The van der Waals surface area contributed by atoms with Gasteiger partial charge in [0.25, 0.3) is 5.91 Å². The molecule has 0 bridgehead atoms. The quantitative estimate of drug-likeness (QED) is 0.552. The number of pyridine rings is 1. The number of carbonyl (C=O) groups excluding carboxylic acids is 1. The van der Waals surface area contributed by atoms with Crippen LogP contribution in [-0.4, -0.2) is 21.1 Å². The summed E-state index contributed by atoms with van der Waals surface area (Å²) in [6.45, 7) is 3.58. The van der Waals surface area contributed by atoms with Gasteiger partial charge in [0.1, 0.15) is 5.82 Å². The first-order valence-corrected chi connectivity index (χ1v) is 5.71. The number of aryl methyl sites for hydroxylation is 2. The number of anilines is 2. The minimum absolute atomic E-state index is 0.0552. The van der Waals surface area contributed by atoms with Crippen molar-refractivity contribution in [2.75, 3.05) is 10.7 Å². The summed E-state index contributed by atoms with van der Waals surface area (Å²) in [6, 6.07) is 3.27. The van der Waals surface area contributed by atoms with Crippen LogP contribution in [0.5, 0.6) is 0 Å². The van der Waals surface area contributed by atoms with Crippen LogP contribution in [0.3, 0.4) is 0 Å². The highest BCUT2D eigenvalue weighted by Crippen LogP contribution is 2.13. The van der Waals surface area contributed by atoms with E-state index in [2.05, 4.69) is 25.9 Å². The summed E-state index contributed by atoms with van der Waals surface area (Å²) in [4.78, 5) is 16.2. The fourth-order valence-electron chi connectivity index (χ4n) is 1.49. The number of rotatable bonds is 4. The van der Waals surface area contributed by atoms with Gasteiger partial charge in [-0.3, -0.25) is 10.1 Å². The Morgan fingerprint density at radius 2 is 2.21 bits per heavy atom. The zero-order valence-corrected chi connectivity index (χ0v) is 10.6. The Kier molecular flexibility index (Phi) is 3.71. The molecular weight excluding hydrogens is 248 g/mol. The monoisotopic (exact) mass is 262 g/mol. The summed E-state index contributed by atoms with van der Waals surface area (Å²) in [5.74, 6) is 5.75. The van der Waals surface area contributed by atoms with Crippen LogP contribution in [0.1, 0.15) is 28.9 Å². The molecule has 8 nitrogen and oxygen atoms in total. The van der Waals surface area contributed by atoms with Gasteiger partial charge in [-0.15, -0.1) is 5.10 Å². The second kappa shape index (κ2) is 5.44. The Morgan fingerprint density at radius 1 is 1.42 bits per heavy atom. The van der Waals surface area contributed by atoms with Gasteiger partial charge >= 0.3 is 6.01 Å². The Balaban J connectivity index is 2.22. The highest BCUT2D eigenvalue weighted by molar-refractivity contribution is 6.03. The number of amides is 1. The van der Waals surface area contributed by atoms with E-state index in [4.69, 9.17) is 10.3 Å². The average molecular weight is 262 g/mol. The molecule has 0 fully saturated rings. The molecule has 1 amide bonds. The van der Waals surface area contributed by atoms with Crippen LogP contribution in [0.2, 0.25) is 0 Å². The summed E-state index contributed by atoms with van der Waals surface area (Å²) in [6.07, 6.45) is 0.690. The van der Waals surface area contributed by atoms with Gasteiger partial charge in [0.2, 0.25) is 5.89 Å². The van der Waals surface area contributed by atoms with Crippen LogP contribution >= 0.6 is 0 Å². The highest BCUT2D eigenvalue weighted by Gasteiger charge is 2.12. The predicted octanol–water partition coefficient (Wildman–Crippen LogP) is 0.873. The molecule has 2 heterocycles. The maximum absolute atomic E-state index is 12.0. The van der Waals surface area contributed by atoms with Crippen LogP contribution in [0.25, 0.3) is 0 Å². The van der Waals surface area contributed by atoms with E-state index < -0.39 is 0 Å². The van der Waals surface area contributed by atoms with E-state index in [0.717, 1.165) is 5.69 Å². The van der Waals surface area contributed by atoms with Gasteiger partial charge in [0, 0.05) is 18.2 Å². The number of nitrogens with one attached hydrogen (secondary N) is 2. The van der Waals surface area contributed by atoms with Crippen LogP contribution in [0.4, 0.5) is 11.8 Å². The van der Waals surface area contributed by atoms with Gasteiger partial charge in [-0.1, -0.05) is 12.0 Å². The third-order valence-electron chi connectivity index (χ3n) is 2.40. The number of nitrogen functional groups attached to an aromatic ring is 1. The molecule has 4 N–H and O–H groups in total. The first-order chi connectivity index (χ1) is 9.12. The Bertz CT molecular complexity index is 572. The van der Waals surface area contributed by atoms with Crippen molar-refractivity contribution in [1.82, 2.24) is 15.2 Å². The second-order valence-electron chi connectivity index (χ2n) is 3.81. The molecule has 0 aromatic carbocycles. The summed E-state index contributed by atoms with van der Waals surface area (Å²) in [7, 11) is 0. The van der Waals surface area contributed by atoms with Gasteiger partial charge in [-0.25, -0.2) is 10.8 Å². The molecule has 0 saturated carbocycles. The average Bonchev–Trinajstić information content (AvgIpc) is 2.83. The van der Waals surface area contributed by atoms with Crippen molar-refractivity contribution in [3.8, 4) is 0 Å². The Morgan fingerprint density at radius 3 is 2.79 bits per heavy atom. The number of hydrazine groups is 1. The molecule has 2 aromatic rings. The summed E-state index contributed by atoms with van der Waals surface area (Å²) >= 11 is 0. The maximum Gasteiger partial charge on any atom is 0.322 e.